The average Bonchev–Trinajstić information content (AvgIpc) is 2.66. The summed E-state index contributed by atoms with van der Waals surface area (Å²) in [4.78, 5) is 28.2. The van der Waals surface area contributed by atoms with Crippen molar-refractivity contribution in [3.05, 3.63) is 78.8 Å². The lowest BCUT2D eigenvalue weighted by Gasteiger charge is -2.16. The lowest BCUT2D eigenvalue weighted by molar-refractivity contribution is 0.0697. The van der Waals surface area contributed by atoms with E-state index in [2.05, 4.69) is 10.3 Å². The third-order valence-corrected chi connectivity index (χ3v) is 4.95. The van der Waals surface area contributed by atoms with Crippen LogP contribution in [-0.2, 0) is 13.5 Å². The molecule has 2 aromatic heterocycles. The Morgan fingerprint density at radius 1 is 1.27 bits per heavy atom. The summed E-state index contributed by atoms with van der Waals surface area (Å²) in [6.45, 7) is 0. The Kier molecular flexibility index (Phi) is 7.37. The quantitative estimate of drug-likeness (QED) is 0.420. The van der Waals surface area contributed by atoms with Crippen molar-refractivity contribution in [2.45, 2.75) is 6.42 Å². The monoisotopic (exact) mass is 548 g/mol. The summed E-state index contributed by atoms with van der Waals surface area (Å²) in [5.41, 5.74) is 4.80. The Hall–Kier alpha value is -2.73. The van der Waals surface area contributed by atoms with Gasteiger partial charge in [0.1, 0.15) is 17.2 Å². The summed E-state index contributed by atoms with van der Waals surface area (Å²) in [7, 11) is 1.35. The number of anilines is 3. The minimum Gasteiger partial charge on any atom is -0.478 e. The Balaban J connectivity index is 0.00000320. The number of hydrogen-bond acceptors (Lipinski definition) is 5. The first-order chi connectivity index (χ1) is 13.7. The van der Waals surface area contributed by atoms with Crippen LogP contribution in [0.4, 0.5) is 26.1 Å². The topological polar surface area (TPSA) is 110 Å². The number of hydrogen-bond donors (Lipinski definition) is 3. The number of carboxylic acid groups (broad SMARTS) is 1. The van der Waals surface area contributed by atoms with Crippen LogP contribution >= 0.6 is 35.0 Å². The number of aromatic carboxylic acids is 1. The fraction of sp³-hybridized carbons (Fsp3) is 0.105. The van der Waals surface area contributed by atoms with E-state index in [-0.39, 0.29) is 52.8 Å². The van der Waals surface area contributed by atoms with E-state index in [9.17, 15) is 23.5 Å². The summed E-state index contributed by atoms with van der Waals surface area (Å²) in [5, 5.41) is 12.3. The van der Waals surface area contributed by atoms with E-state index in [1.807, 2.05) is 22.6 Å². The zero-order valence-corrected chi connectivity index (χ0v) is 18.4. The maximum Gasteiger partial charge on any atom is 0.339 e. The number of benzene rings is 1. The van der Waals surface area contributed by atoms with Crippen molar-refractivity contribution in [3.8, 4) is 0 Å². The summed E-state index contributed by atoms with van der Waals surface area (Å²) in [5.74, 6) is -3.11. The van der Waals surface area contributed by atoms with E-state index >= 15 is 0 Å². The molecule has 11 heteroatoms. The normalized spacial score (nSPS) is 10.4. The van der Waals surface area contributed by atoms with Crippen LogP contribution in [-0.4, -0.2) is 20.6 Å². The van der Waals surface area contributed by atoms with Crippen LogP contribution in [0.15, 0.2) is 41.3 Å². The van der Waals surface area contributed by atoms with Gasteiger partial charge in [0.05, 0.1) is 5.69 Å². The van der Waals surface area contributed by atoms with Gasteiger partial charge in [-0.2, -0.15) is 0 Å². The minimum atomic E-state index is -1.33. The first kappa shape index (κ1) is 23.5. The SMILES string of the molecule is Cl.Cn1c(Nc2ccc(I)cc2F)c(C(=O)O)cc(Cc2ccnc(N)c2F)c1=O. The molecule has 0 spiro atoms. The number of rotatable bonds is 5. The summed E-state index contributed by atoms with van der Waals surface area (Å²) in [6.07, 6.45) is 1.12. The van der Waals surface area contributed by atoms with Gasteiger partial charge >= 0.3 is 5.97 Å². The number of nitrogens with one attached hydrogen (secondary N) is 1. The molecule has 0 fully saturated rings. The second kappa shape index (κ2) is 9.39. The Bertz CT molecular complexity index is 1190. The third kappa shape index (κ3) is 4.70. The molecular formula is C19H16ClF2IN4O3. The van der Waals surface area contributed by atoms with Gasteiger partial charge in [-0.1, -0.05) is 0 Å². The van der Waals surface area contributed by atoms with Gasteiger partial charge in [0.15, 0.2) is 11.6 Å². The molecule has 1 aromatic carbocycles. The Morgan fingerprint density at radius 2 is 1.97 bits per heavy atom. The molecule has 0 saturated carbocycles. The van der Waals surface area contributed by atoms with Gasteiger partial charge in [-0.05, 0) is 58.5 Å². The molecule has 0 aliphatic rings. The molecule has 2 heterocycles. The second-order valence-electron chi connectivity index (χ2n) is 6.20. The summed E-state index contributed by atoms with van der Waals surface area (Å²) < 4.78 is 30.1. The van der Waals surface area contributed by atoms with Gasteiger partial charge in [0.2, 0.25) is 0 Å². The summed E-state index contributed by atoms with van der Waals surface area (Å²) in [6, 6.07) is 6.85. The smallest absolute Gasteiger partial charge is 0.339 e. The average molecular weight is 549 g/mol. The Labute approximate surface area is 189 Å². The molecule has 0 aliphatic heterocycles. The number of carbonyl (C=O) groups is 1. The molecule has 0 saturated heterocycles. The molecule has 30 heavy (non-hydrogen) atoms. The van der Waals surface area contributed by atoms with E-state index in [1.54, 1.807) is 6.07 Å². The van der Waals surface area contributed by atoms with Crippen LogP contribution in [0.3, 0.4) is 0 Å². The molecule has 7 nitrogen and oxygen atoms in total. The van der Waals surface area contributed by atoms with Gasteiger partial charge in [-0.3, -0.25) is 9.36 Å². The number of halogens is 4. The predicted molar refractivity (Wildman–Crippen MR) is 120 cm³/mol. The fourth-order valence-electron chi connectivity index (χ4n) is 2.80. The molecule has 4 N–H and O–H groups in total. The van der Waals surface area contributed by atoms with Crippen LogP contribution in [0.25, 0.3) is 0 Å². The van der Waals surface area contributed by atoms with E-state index < -0.39 is 23.2 Å². The van der Waals surface area contributed by atoms with E-state index in [0.29, 0.717) is 3.57 Å². The van der Waals surface area contributed by atoms with Crippen molar-refractivity contribution in [1.29, 1.82) is 0 Å². The Morgan fingerprint density at radius 3 is 2.60 bits per heavy atom. The van der Waals surface area contributed by atoms with Crippen molar-refractivity contribution in [2.75, 3.05) is 11.1 Å². The maximum absolute atomic E-state index is 14.2. The van der Waals surface area contributed by atoms with Gasteiger partial charge in [0, 0.05) is 28.8 Å². The molecule has 0 aliphatic carbocycles. The van der Waals surface area contributed by atoms with Gasteiger partial charge in [-0.15, -0.1) is 12.4 Å². The molecular weight excluding hydrogens is 533 g/mol. The highest BCUT2D eigenvalue weighted by Crippen LogP contribution is 2.25. The number of nitrogens with zero attached hydrogens (tertiary/aromatic N) is 2. The zero-order valence-electron chi connectivity index (χ0n) is 15.4. The van der Waals surface area contributed by atoms with Crippen LogP contribution in [0.2, 0.25) is 0 Å². The highest BCUT2D eigenvalue weighted by atomic mass is 127. The number of pyridine rings is 2. The number of nitrogens with two attached hydrogens (primary N) is 1. The highest BCUT2D eigenvalue weighted by Gasteiger charge is 2.20. The molecule has 3 aromatic rings. The first-order valence-electron chi connectivity index (χ1n) is 8.26. The van der Waals surface area contributed by atoms with E-state index in [1.165, 1.54) is 31.4 Å². The third-order valence-electron chi connectivity index (χ3n) is 4.28. The van der Waals surface area contributed by atoms with Crippen molar-refractivity contribution >= 4 is 58.3 Å². The molecule has 0 atom stereocenters. The molecule has 0 radical (unpaired) electrons. The largest absolute Gasteiger partial charge is 0.478 e. The number of aromatic nitrogens is 2. The minimum absolute atomic E-state index is 0. The zero-order chi connectivity index (χ0) is 21.3. The fourth-order valence-corrected chi connectivity index (χ4v) is 3.26. The molecule has 0 amide bonds. The molecule has 0 unspecified atom stereocenters. The molecule has 3 rings (SSSR count). The lowest BCUT2D eigenvalue weighted by Crippen LogP contribution is -2.26. The van der Waals surface area contributed by atoms with Crippen molar-refractivity contribution in [2.24, 2.45) is 7.05 Å². The van der Waals surface area contributed by atoms with Crippen molar-refractivity contribution in [1.82, 2.24) is 9.55 Å². The van der Waals surface area contributed by atoms with Crippen LogP contribution in [0, 0.1) is 15.2 Å². The first-order valence-corrected chi connectivity index (χ1v) is 9.34. The second-order valence-corrected chi connectivity index (χ2v) is 7.44. The van der Waals surface area contributed by atoms with Crippen molar-refractivity contribution in [3.63, 3.8) is 0 Å². The molecule has 0 bridgehead atoms. The number of carboxylic acids is 1. The lowest BCUT2D eigenvalue weighted by atomic mass is 10.0. The van der Waals surface area contributed by atoms with E-state index in [4.69, 9.17) is 5.73 Å². The van der Waals surface area contributed by atoms with Gasteiger partial charge < -0.3 is 16.2 Å². The number of nitrogen functional groups attached to an aromatic ring is 1. The van der Waals surface area contributed by atoms with Gasteiger partial charge in [0.25, 0.3) is 5.56 Å². The van der Waals surface area contributed by atoms with Crippen LogP contribution in [0.1, 0.15) is 21.5 Å². The highest BCUT2D eigenvalue weighted by molar-refractivity contribution is 14.1. The van der Waals surface area contributed by atoms with Crippen LogP contribution in [0.5, 0.6) is 0 Å². The molecule has 158 valence electrons. The van der Waals surface area contributed by atoms with Crippen molar-refractivity contribution < 1.29 is 18.7 Å². The van der Waals surface area contributed by atoms with E-state index in [0.717, 1.165) is 10.6 Å². The standard InChI is InChI=1S/C19H15F2IN4O3.ClH/c1-26-17(25-14-3-2-11(22)8-13(14)20)12(19(28)29)7-10(18(26)27)6-9-4-5-24-16(23)15(9)21;/h2-5,7-8,25H,6H2,1H3,(H2,23,24)(H,28,29);1H. The maximum atomic E-state index is 14.2. The summed E-state index contributed by atoms with van der Waals surface area (Å²) >= 11 is 1.94. The predicted octanol–water partition coefficient (Wildman–Crippen LogP) is 3.70. The van der Waals surface area contributed by atoms with Crippen LogP contribution < -0.4 is 16.6 Å². The van der Waals surface area contributed by atoms with Gasteiger partial charge in [-0.25, -0.2) is 18.6 Å².